The number of nitrogens with zero attached hydrogens (tertiary/aromatic N) is 2. The van der Waals surface area contributed by atoms with Crippen LogP contribution in [0.3, 0.4) is 0 Å². The Hall–Kier alpha value is -0.940. The van der Waals surface area contributed by atoms with Gasteiger partial charge in [0.15, 0.2) is 5.13 Å². The van der Waals surface area contributed by atoms with Gasteiger partial charge in [-0.3, -0.25) is 9.69 Å². The zero-order valence-corrected chi connectivity index (χ0v) is 10.5. The number of nitrogens with one attached hydrogen (secondary N) is 1. The molecule has 1 amide bonds. The van der Waals surface area contributed by atoms with Crippen LogP contribution < -0.4 is 10.2 Å². The molecule has 0 radical (unpaired) electrons. The highest BCUT2D eigenvalue weighted by Gasteiger charge is 2.33. The summed E-state index contributed by atoms with van der Waals surface area (Å²) in [4.78, 5) is 18.2. The molecule has 0 aliphatic carbocycles. The van der Waals surface area contributed by atoms with Crippen LogP contribution >= 0.6 is 11.3 Å². The van der Waals surface area contributed by atoms with Crippen molar-refractivity contribution in [2.24, 2.45) is 0 Å². The third-order valence-electron chi connectivity index (χ3n) is 2.68. The molecule has 1 aromatic heterocycles. The number of carbonyl (C=O) groups excluding carboxylic acids is 1. The minimum atomic E-state index is -0.0100. The Morgan fingerprint density at radius 3 is 3.12 bits per heavy atom. The van der Waals surface area contributed by atoms with E-state index < -0.39 is 0 Å². The Labute approximate surface area is 99.7 Å². The van der Waals surface area contributed by atoms with Crippen LogP contribution in [0, 0.1) is 6.92 Å². The van der Waals surface area contributed by atoms with Crippen LogP contribution in [0.5, 0.6) is 0 Å². The van der Waals surface area contributed by atoms with Gasteiger partial charge in [0, 0.05) is 11.9 Å². The van der Waals surface area contributed by atoms with Gasteiger partial charge in [0.25, 0.3) is 0 Å². The summed E-state index contributed by atoms with van der Waals surface area (Å²) in [6.45, 7) is 5.75. The summed E-state index contributed by atoms with van der Waals surface area (Å²) < 4.78 is 0. The molecule has 1 aliphatic rings. The molecular weight excluding hydrogens is 222 g/mol. The highest BCUT2D eigenvalue weighted by atomic mass is 32.1. The van der Waals surface area contributed by atoms with Crippen molar-refractivity contribution in [1.29, 1.82) is 0 Å². The third kappa shape index (κ3) is 2.25. The van der Waals surface area contributed by atoms with E-state index in [0.717, 1.165) is 36.8 Å². The van der Waals surface area contributed by atoms with E-state index in [2.05, 4.69) is 17.2 Å². The number of hydrogen-bond donors (Lipinski definition) is 1. The third-order valence-corrected chi connectivity index (χ3v) is 3.67. The topological polar surface area (TPSA) is 45.2 Å². The minimum absolute atomic E-state index is 0.0100. The first-order valence-electron chi connectivity index (χ1n) is 5.69. The molecule has 2 heterocycles. The van der Waals surface area contributed by atoms with Gasteiger partial charge >= 0.3 is 0 Å². The quantitative estimate of drug-likeness (QED) is 0.867. The summed E-state index contributed by atoms with van der Waals surface area (Å²) in [6, 6.07) is -0.0100. The zero-order valence-electron chi connectivity index (χ0n) is 9.69. The molecule has 0 bridgehead atoms. The standard InChI is InChI=1S/C11H17N3OS/c1-3-5-12-9-4-6-14(10(9)15)11-13-8(2)7-16-11/h7,9,12H,3-6H2,1-2H3. The van der Waals surface area contributed by atoms with Crippen LogP contribution in [0.2, 0.25) is 0 Å². The van der Waals surface area contributed by atoms with Gasteiger partial charge in [-0.15, -0.1) is 11.3 Å². The lowest BCUT2D eigenvalue weighted by Gasteiger charge is -2.13. The lowest BCUT2D eigenvalue weighted by molar-refractivity contribution is -0.118. The second-order valence-electron chi connectivity index (χ2n) is 4.06. The highest BCUT2D eigenvalue weighted by Crippen LogP contribution is 2.25. The first kappa shape index (κ1) is 11.5. The molecule has 2 rings (SSSR count). The van der Waals surface area contributed by atoms with Gasteiger partial charge in [-0.1, -0.05) is 6.92 Å². The fourth-order valence-electron chi connectivity index (χ4n) is 1.84. The Balaban J connectivity index is 2.01. The molecule has 1 fully saturated rings. The largest absolute Gasteiger partial charge is 0.306 e. The predicted molar refractivity (Wildman–Crippen MR) is 65.9 cm³/mol. The molecule has 1 N–H and O–H groups in total. The molecule has 4 nitrogen and oxygen atoms in total. The van der Waals surface area contributed by atoms with Gasteiger partial charge < -0.3 is 5.32 Å². The lowest BCUT2D eigenvalue weighted by Crippen LogP contribution is -2.38. The number of hydrogen-bond acceptors (Lipinski definition) is 4. The normalized spacial score (nSPS) is 20.8. The molecule has 0 aromatic carbocycles. The van der Waals surface area contributed by atoms with Crippen molar-refractivity contribution in [3.8, 4) is 0 Å². The van der Waals surface area contributed by atoms with Crippen molar-refractivity contribution in [3.05, 3.63) is 11.1 Å². The van der Waals surface area contributed by atoms with Gasteiger partial charge in [-0.05, 0) is 26.3 Å². The van der Waals surface area contributed by atoms with Gasteiger partial charge in [-0.25, -0.2) is 4.98 Å². The summed E-state index contributed by atoms with van der Waals surface area (Å²) in [5.41, 5.74) is 0.984. The fourth-order valence-corrected chi connectivity index (χ4v) is 2.68. The van der Waals surface area contributed by atoms with Gasteiger partial charge in [0.05, 0.1) is 11.7 Å². The molecule has 1 aromatic rings. The Bertz CT molecular complexity index is 377. The number of carbonyl (C=O) groups is 1. The van der Waals surface area contributed by atoms with Crippen molar-refractivity contribution in [1.82, 2.24) is 10.3 Å². The maximum absolute atomic E-state index is 12.1. The second-order valence-corrected chi connectivity index (χ2v) is 4.89. The molecule has 1 aliphatic heterocycles. The molecule has 0 spiro atoms. The van der Waals surface area contributed by atoms with Crippen molar-refractivity contribution >= 4 is 22.4 Å². The smallest absolute Gasteiger partial charge is 0.245 e. The van der Waals surface area contributed by atoms with E-state index in [1.54, 1.807) is 16.2 Å². The van der Waals surface area contributed by atoms with Gasteiger partial charge in [0.2, 0.25) is 5.91 Å². The first-order chi connectivity index (χ1) is 7.72. The number of thiazole rings is 1. The number of aromatic nitrogens is 1. The SMILES string of the molecule is CCCNC1CCN(c2nc(C)cs2)C1=O. The van der Waals surface area contributed by atoms with Crippen LogP contribution in [0.4, 0.5) is 5.13 Å². The molecule has 0 saturated carbocycles. The van der Waals surface area contributed by atoms with Crippen molar-refractivity contribution < 1.29 is 4.79 Å². The van der Waals surface area contributed by atoms with Crippen LogP contribution in [-0.4, -0.2) is 30.0 Å². The Kier molecular flexibility index (Phi) is 3.56. The molecule has 1 unspecified atom stereocenters. The van der Waals surface area contributed by atoms with Crippen LogP contribution in [0.25, 0.3) is 0 Å². The Morgan fingerprint density at radius 2 is 2.50 bits per heavy atom. The molecule has 5 heteroatoms. The van der Waals surface area contributed by atoms with Gasteiger partial charge in [0.1, 0.15) is 0 Å². The van der Waals surface area contributed by atoms with E-state index in [9.17, 15) is 4.79 Å². The predicted octanol–water partition coefficient (Wildman–Crippen LogP) is 1.56. The summed E-state index contributed by atoms with van der Waals surface area (Å²) in [5, 5.41) is 6.09. The first-order valence-corrected chi connectivity index (χ1v) is 6.57. The zero-order chi connectivity index (χ0) is 11.5. The Morgan fingerprint density at radius 1 is 1.69 bits per heavy atom. The van der Waals surface area contributed by atoms with E-state index in [-0.39, 0.29) is 11.9 Å². The minimum Gasteiger partial charge on any atom is -0.306 e. The van der Waals surface area contributed by atoms with Crippen LogP contribution in [0.1, 0.15) is 25.5 Å². The molecule has 16 heavy (non-hydrogen) atoms. The summed E-state index contributed by atoms with van der Waals surface area (Å²) in [7, 11) is 0. The average Bonchev–Trinajstić information content (AvgIpc) is 2.83. The molecule has 1 saturated heterocycles. The number of aryl methyl sites for hydroxylation is 1. The van der Waals surface area contributed by atoms with Crippen LogP contribution in [-0.2, 0) is 4.79 Å². The summed E-state index contributed by atoms with van der Waals surface area (Å²) in [5.74, 6) is 0.169. The van der Waals surface area contributed by atoms with E-state index in [4.69, 9.17) is 0 Å². The molecular formula is C11H17N3OS. The summed E-state index contributed by atoms with van der Waals surface area (Å²) >= 11 is 1.54. The van der Waals surface area contributed by atoms with E-state index in [1.165, 1.54) is 0 Å². The number of amides is 1. The van der Waals surface area contributed by atoms with Crippen molar-refractivity contribution in [2.45, 2.75) is 32.7 Å². The second kappa shape index (κ2) is 4.93. The molecule has 1 atom stereocenters. The van der Waals surface area contributed by atoms with Gasteiger partial charge in [-0.2, -0.15) is 0 Å². The highest BCUT2D eigenvalue weighted by molar-refractivity contribution is 7.14. The van der Waals surface area contributed by atoms with Crippen molar-refractivity contribution in [2.75, 3.05) is 18.0 Å². The monoisotopic (exact) mass is 239 g/mol. The lowest BCUT2D eigenvalue weighted by atomic mass is 10.2. The van der Waals surface area contributed by atoms with E-state index in [0.29, 0.717) is 0 Å². The van der Waals surface area contributed by atoms with E-state index in [1.807, 2.05) is 12.3 Å². The fraction of sp³-hybridized carbons (Fsp3) is 0.636. The molecule has 88 valence electrons. The maximum Gasteiger partial charge on any atom is 0.245 e. The summed E-state index contributed by atoms with van der Waals surface area (Å²) in [6.07, 6.45) is 1.94. The van der Waals surface area contributed by atoms with Crippen molar-refractivity contribution in [3.63, 3.8) is 0 Å². The number of rotatable bonds is 4. The van der Waals surface area contributed by atoms with E-state index >= 15 is 0 Å². The average molecular weight is 239 g/mol. The number of anilines is 1. The maximum atomic E-state index is 12.1. The van der Waals surface area contributed by atoms with Crippen LogP contribution in [0.15, 0.2) is 5.38 Å².